The van der Waals surface area contributed by atoms with Crippen LogP contribution in [0.5, 0.6) is 5.75 Å². The summed E-state index contributed by atoms with van der Waals surface area (Å²) in [5.74, 6) is -1.54. The summed E-state index contributed by atoms with van der Waals surface area (Å²) in [6, 6.07) is 12.8. The molecule has 2 N–H and O–H groups in total. The lowest BCUT2D eigenvalue weighted by atomic mass is 9.48. The molecule has 2 fully saturated rings. The molecule has 138 valence electrons. The van der Waals surface area contributed by atoms with E-state index in [1.807, 2.05) is 25.1 Å². The fourth-order valence-corrected chi connectivity index (χ4v) is 4.76. The average Bonchev–Trinajstić information content (AvgIpc) is 2.94. The van der Waals surface area contributed by atoms with Gasteiger partial charge in [-0.1, -0.05) is 25.5 Å². The molecule has 0 aromatic heterocycles. The third kappa shape index (κ3) is 2.24. The molecular weight excluding hydrogens is 344 g/mol. The minimum Gasteiger partial charge on any atom is -0.497 e. The molecule has 1 aromatic carbocycles. The fourth-order valence-electron chi connectivity index (χ4n) is 4.76. The molecule has 7 nitrogen and oxygen atoms in total. The second-order valence-corrected chi connectivity index (χ2v) is 7.25. The fraction of sp³-hybridized carbons (Fsp3) is 0.500. The van der Waals surface area contributed by atoms with Gasteiger partial charge in [0, 0.05) is 18.3 Å². The predicted octanol–water partition coefficient (Wildman–Crippen LogP) is 1.96. The highest BCUT2D eigenvalue weighted by Crippen LogP contribution is 2.65. The Hall–Kier alpha value is -3.08. The number of fused-ring (bicyclic) bond motifs is 2. The van der Waals surface area contributed by atoms with Gasteiger partial charge in [-0.3, -0.25) is 4.79 Å². The molecule has 1 aliphatic carbocycles. The highest BCUT2D eigenvalue weighted by Gasteiger charge is 2.76. The summed E-state index contributed by atoms with van der Waals surface area (Å²) in [5.41, 5.74) is -4.86. The zero-order valence-electron chi connectivity index (χ0n) is 15.2. The van der Waals surface area contributed by atoms with E-state index in [0.29, 0.717) is 24.2 Å². The molecule has 0 radical (unpaired) electrons. The molecule has 1 heterocycles. The second-order valence-electron chi connectivity index (χ2n) is 7.25. The van der Waals surface area contributed by atoms with Crippen LogP contribution in [0, 0.1) is 50.7 Å². The molecule has 0 spiro atoms. The van der Waals surface area contributed by atoms with Crippen molar-refractivity contribution < 1.29 is 14.6 Å². The van der Waals surface area contributed by atoms with Crippen molar-refractivity contribution in [2.75, 3.05) is 7.11 Å². The number of ether oxygens (including phenoxy) is 1. The highest BCUT2D eigenvalue weighted by molar-refractivity contribution is 5.92. The zero-order chi connectivity index (χ0) is 19.9. The van der Waals surface area contributed by atoms with Crippen LogP contribution in [0.3, 0.4) is 0 Å². The number of nitrogens with one attached hydrogen (secondary N) is 1. The number of hydrogen-bond donors (Lipinski definition) is 2. The standard InChI is InChI=1S/C20H20N4O3/c1-3-4-15-16(13-5-7-14(27-2)8-6-13)19(11-22,12-23)18(10-21)9-20(15,26)24-17(18)25/h5-8,15-16,26H,3-4,9H2,1-2H3,(H,24,25)/t15-,16-,18+,20-/m0/s1. The summed E-state index contributed by atoms with van der Waals surface area (Å²) in [6.45, 7) is 1.93. The largest absolute Gasteiger partial charge is 0.497 e. The van der Waals surface area contributed by atoms with Crippen LogP contribution in [-0.2, 0) is 4.79 Å². The van der Waals surface area contributed by atoms with Gasteiger partial charge < -0.3 is 15.2 Å². The number of carbonyl (C=O) groups excluding carboxylic acids is 1. The Balaban J connectivity index is 2.31. The quantitative estimate of drug-likeness (QED) is 0.840. The van der Waals surface area contributed by atoms with Gasteiger partial charge >= 0.3 is 0 Å². The molecule has 1 saturated carbocycles. The van der Waals surface area contributed by atoms with Crippen molar-refractivity contribution in [1.29, 1.82) is 15.8 Å². The summed E-state index contributed by atoms with van der Waals surface area (Å²) in [7, 11) is 1.53. The molecule has 1 amide bonds. The van der Waals surface area contributed by atoms with Crippen LogP contribution in [0.2, 0.25) is 0 Å². The summed E-state index contributed by atoms with van der Waals surface area (Å²) < 4.78 is 5.17. The molecule has 1 aliphatic heterocycles. The molecule has 3 rings (SSSR count). The van der Waals surface area contributed by atoms with E-state index in [0.717, 1.165) is 0 Å². The van der Waals surface area contributed by atoms with Gasteiger partial charge in [0.15, 0.2) is 10.8 Å². The number of methoxy groups -OCH3 is 1. The Morgan fingerprint density at radius 3 is 2.33 bits per heavy atom. The molecule has 4 atom stereocenters. The van der Waals surface area contributed by atoms with Crippen molar-refractivity contribution >= 4 is 5.91 Å². The van der Waals surface area contributed by atoms with Crippen LogP contribution in [-0.4, -0.2) is 23.8 Å². The second kappa shape index (κ2) is 6.27. The first-order valence-electron chi connectivity index (χ1n) is 8.80. The first kappa shape index (κ1) is 18.7. The van der Waals surface area contributed by atoms with Gasteiger partial charge in [0.05, 0.1) is 25.3 Å². The number of hydrogen-bond acceptors (Lipinski definition) is 6. The summed E-state index contributed by atoms with van der Waals surface area (Å²) >= 11 is 0. The van der Waals surface area contributed by atoms with Gasteiger partial charge in [-0.2, -0.15) is 15.8 Å². The van der Waals surface area contributed by atoms with Crippen molar-refractivity contribution in [3.05, 3.63) is 29.8 Å². The number of carbonyl (C=O) groups is 1. The van der Waals surface area contributed by atoms with E-state index in [4.69, 9.17) is 4.74 Å². The number of amides is 1. The van der Waals surface area contributed by atoms with Crippen LogP contribution in [0.1, 0.15) is 37.7 Å². The van der Waals surface area contributed by atoms with E-state index in [9.17, 15) is 25.7 Å². The monoisotopic (exact) mass is 364 g/mol. The number of nitriles is 3. The van der Waals surface area contributed by atoms with E-state index < -0.39 is 34.3 Å². The van der Waals surface area contributed by atoms with Gasteiger partial charge in [-0.05, 0) is 24.1 Å². The van der Waals surface area contributed by atoms with Crippen molar-refractivity contribution in [2.24, 2.45) is 16.7 Å². The molecule has 1 saturated heterocycles. The lowest BCUT2D eigenvalue weighted by Gasteiger charge is -2.49. The third-order valence-electron chi connectivity index (χ3n) is 6.03. The Morgan fingerprint density at radius 2 is 1.85 bits per heavy atom. The minimum absolute atomic E-state index is 0.270. The van der Waals surface area contributed by atoms with Crippen LogP contribution < -0.4 is 10.1 Å². The summed E-state index contributed by atoms with van der Waals surface area (Å²) in [5, 5.41) is 43.7. The molecule has 0 unspecified atom stereocenters. The number of rotatable bonds is 4. The Bertz CT molecular complexity index is 878. The van der Waals surface area contributed by atoms with Gasteiger partial charge in [-0.15, -0.1) is 0 Å². The molecule has 1 aromatic rings. The maximum atomic E-state index is 12.8. The SMILES string of the molecule is CCC[C@H]1[C@H](c2ccc(OC)cc2)C(C#N)(C#N)[C@@]2(C#N)C[C@@]1(O)NC2=O. The van der Waals surface area contributed by atoms with Crippen LogP contribution in [0.15, 0.2) is 24.3 Å². The Morgan fingerprint density at radius 1 is 1.22 bits per heavy atom. The average molecular weight is 364 g/mol. The van der Waals surface area contributed by atoms with E-state index in [-0.39, 0.29) is 6.42 Å². The van der Waals surface area contributed by atoms with E-state index in [1.165, 1.54) is 7.11 Å². The normalized spacial score (nSPS) is 33.3. The number of aliphatic hydroxyl groups is 1. The minimum atomic E-state index is -1.93. The Kier molecular flexibility index (Phi) is 4.34. The van der Waals surface area contributed by atoms with Crippen LogP contribution >= 0.6 is 0 Å². The smallest absolute Gasteiger partial charge is 0.245 e. The van der Waals surface area contributed by atoms with Crippen molar-refractivity contribution in [2.45, 2.75) is 37.8 Å². The number of nitrogens with zero attached hydrogens (tertiary/aromatic N) is 3. The summed E-state index contributed by atoms with van der Waals surface area (Å²) in [6.07, 6.45) is 0.899. The lowest BCUT2D eigenvalue weighted by Crippen LogP contribution is -2.57. The maximum absolute atomic E-state index is 12.8. The molecular formula is C20H20N4O3. The lowest BCUT2D eigenvalue weighted by molar-refractivity contribution is -0.128. The predicted molar refractivity (Wildman–Crippen MR) is 93.5 cm³/mol. The van der Waals surface area contributed by atoms with Gasteiger partial charge in [-0.25, -0.2) is 0 Å². The van der Waals surface area contributed by atoms with Gasteiger partial charge in [0.2, 0.25) is 5.91 Å². The van der Waals surface area contributed by atoms with Crippen molar-refractivity contribution in [3.63, 3.8) is 0 Å². The zero-order valence-corrected chi connectivity index (χ0v) is 15.2. The molecule has 27 heavy (non-hydrogen) atoms. The van der Waals surface area contributed by atoms with Crippen LogP contribution in [0.25, 0.3) is 0 Å². The third-order valence-corrected chi connectivity index (χ3v) is 6.03. The van der Waals surface area contributed by atoms with Gasteiger partial charge in [0.25, 0.3) is 0 Å². The number of benzene rings is 1. The molecule has 7 heteroatoms. The van der Waals surface area contributed by atoms with E-state index >= 15 is 0 Å². The summed E-state index contributed by atoms with van der Waals surface area (Å²) in [4.78, 5) is 12.8. The van der Waals surface area contributed by atoms with E-state index in [1.54, 1.807) is 24.3 Å². The van der Waals surface area contributed by atoms with Crippen molar-refractivity contribution in [3.8, 4) is 24.0 Å². The van der Waals surface area contributed by atoms with Crippen molar-refractivity contribution in [1.82, 2.24) is 5.32 Å². The molecule has 2 bridgehead atoms. The molecule has 2 aliphatic rings. The van der Waals surface area contributed by atoms with E-state index in [2.05, 4.69) is 5.32 Å². The maximum Gasteiger partial charge on any atom is 0.245 e. The Labute approximate surface area is 157 Å². The van der Waals surface area contributed by atoms with Gasteiger partial charge in [0.1, 0.15) is 11.5 Å². The first-order valence-corrected chi connectivity index (χ1v) is 8.80. The van der Waals surface area contributed by atoms with Crippen LogP contribution in [0.4, 0.5) is 0 Å². The highest BCUT2D eigenvalue weighted by atomic mass is 16.5. The topological polar surface area (TPSA) is 130 Å². The first-order chi connectivity index (χ1) is 12.9.